The first kappa shape index (κ1) is 15.8. The standard InChI is InChI=1S/C22H21N3/c1-25-13-12-24-22(15-25)21-14-16-6-2-3-7-17(16)20(10-11-23)18-8-4-5-9-19(18)21/h2-10,14,22,24H,12-13,15H2,1H3/b20-10-. The molecule has 25 heavy (non-hydrogen) atoms. The molecule has 2 aliphatic rings. The van der Waals surface area contributed by atoms with Crippen molar-refractivity contribution in [2.75, 3.05) is 26.7 Å². The Kier molecular flexibility index (Phi) is 4.23. The van der Waals surface area contributed by atoms with Gasteiger partial charge in [-0.1, -0.05) is 48.5 Å². The van der Waals surface area contributed by atoms with Crippen molar-refractivity contribution in [2.45, 2.75) is 6.04 Å². The molecular weight excluding hydrogens is 306 g/mol. The molecule has 0 aromatic heterocycles. The van der Waals surface area contributed by atoms with Gasteiger partial charge in [-0.25, -0.2) is 0 Å². The maximum Gasteiger partial charge on any atom is 0.0918 e. The van der Waals surface area contributed by atoms with Gasteiger partial charge in [0.05, 0.1) is 6.07 Å². The summed E-state index contributed by atoms with van der Waals surface area (Å²) in [7, 11) is 2.17. The van der Waals surface area contributed by atoms with E-state index in [9.17, 15) is 5.26 Å². The van der Waals surface area contributed by atoms with Crippen LogP contribution in [-0.2, 0) is 0 Å². The Morgan fingerprint density at radius 2 is 1.80 bits per heavy atom. The van der Waals surface area contributed by atoms with Crippen molar-refractivity contribution in [3.8, 4) is 6.07 Å². The Bertz CT molecular complexity index is 901. The van der Waals surface area contributed by atoms with Crippen molar-refractivity contribution in [1.29, 1.82) is 5.26 Å². The van der Waals surface area contributed by atoms with Crippen LogP contribution in [0.15, 0.2) is 54.6 Å². The summed E-state index contributed by atoms with van der Waals surface area (Å²) in [6.07, 6.45) is 3.97. The summed E-state index contributed by atoms with van der Waals surface area (Å²) in [5.41, 5.74) is 6.95. The van der Waals surface area contributed by atoms with E-state index < -0.39 is 0 Å². The minimum atomic E-state index is 0.286. The third-order valence-corrected chi connectivity index (χ3v) is 5.05. The lowest BCUT2D eigenvalue weighted by molar-refractivity contribution is 0.265. The average Bonchev–Trinajstić information content (AvgIpc) is 2.78. The first-order chi connectivity index (χ1) is 12.3. The number of nitrogens with zero attached hydrogens (tertiary/aromatic N) is 2. The SMILES string of the molecule is CN1CCNC(C2=Cc3ccccc3/C(=C/C#N)c3ccccc32)C1. The van der Waals surface area contributed by atoms with Crippen LogP contribution in [0.5, 0.6) is 0 Å². The molecule has 0 radical (unpaired) electrons. The number of hydrogen-bond donors (Lipinski definition) is 1. The van der Waals surface area contributed by atoms with Crippen molar-refractivity contribution in [3.63, 3.8) is 0 Å². The van der Waals surface area contributed by atoms with Crippen molar-refractivity contribution in [3.05, 3.63) is 76.9 Å². The predicted octanol–water partition coefficient (Wildman–Crippen LogP) is 3.40. The second kappa shape index (κ2) is 6.68. The second-order valence-corrected chi connectivity index (χ2v) is 6.69. The van der Waals surface area contributed by atoms with Gasteiger partial charge >= 0.3 is 0 Å². The number of benzene rings is 2. The van der Waals surface area contributed by atoms with E-state index in [4.69, 9.17) is 0 Å². The summed E-state index contributed by atoms with van der Waals surface area (Å²) in [6.45, 7) is 3.05. The van der Waals surface area contributed by atoms with Crippen molar-refractivity contribution in [2.24, 2.45) is 0 Å². The number of fused-ring (bicyclic) bond motifs is 2. The third kappa shape index (κ3) is 2.91. The van der Waals surface area contributed by atoms with Crippen LogP contribution in [0, 0.1) is 11.3 Å². The van der Waals surface area contributed by atoms with Crippen molar-refractivity contribution in [1.82, 2.24) is 10.2 Å². The highest BCUT2D eigenvalue weighted by atomic mass is 15.2. The van der Waals surface area contributed by atoms with E-state index in [2.05, 4.69) is 71.9 Å². The number of allylic oxidation sites excluding steroid dienone is 1. The molecule has 0 amide bonds. The molecule has 2 aromatic rings. The average molecular weight is 327 g/mol. The fourth-order valence-corrected chi connectivity index (χ4v) is 3.84. The largest absolute Gasteiger partial charge is 0.308 e. The van der Waals surface area contributed by atoms with Gasteiger partial charge < -0.3 is 10.2 Å². The van der Waals surface area contributed by atoms with Crippen LogP contribution in [-0.4, -0.2) is 37.6 Å². The van der Waals surface area contributed by atoms with E-state index >= 15 is 0 Å². The molecule has 0 saturated carbocycles. The van der Waals surface area contributed by atoms with E-state index in [1.807, 2.05) is 6.07 Å². The zero-order valence-corrected chi connectivity index (χ0v) is 14.4. The first-order valence-electron chi connectivity index (χ1n) is 8.70. The first-order valence-corrected chi connectivity index (χ1v) is 8.70. The molecule has 2 aromatic carbocycles. The molecule has 1 fully saturated rings. The maximum absolute atomic E-state index is 9.35. The van der Waals surface area contributed by atoms with E-state index in [1.165, 1.54) is 16.7 Å². The van der Waals surface area contributed by atoms with Crippen molar-refractivity contribution < 1.29 is 0 Å². The van der Waals surface area contributed by atoms with E-state index in [-0.39, 0.29) is 6.04 Å². The van der Waals surface area contributed by atoms with Gasteiger partial charge in [0.1, 0.15) is 0 Å². The Hall–Kier alpha value is -2.67. The van der Waals surface area contributed by atoms with Gasteiger partial charge in [0, 0.05) is 37.3 Å². The van der Waals surface area contributed by atoms with Gasteiger partial charge in [-0.2, -0.15) is 5.26 Å². The summed E-state index contributed by atoms with van der Waals surface area (Å²) in [5, 5.41) is 13.0. The predicted molar refractivity (Wildman–Crippen MR) is 103 cm³/mol. The Morgan fingerprint density at radius 3 is 2.56 bits per heavy atom. The number of likely N-dealkylation sites (N-methyl/N-ethyl adjacent to an activating group) is 1. The summed E-state index contributed by atoms with van der Waals surface area (Å²) >= 11 is 0. The minimum absolute atomic E-state index is 0.286. The Labute approximate surface area is 148 Å². The summed E-state index contributed by atoms with van der Waals surface area (Å²) in [4.78, 5) is 2.37. The number of nitrogens with one attached hydrogen (secondary N) is 1. The van der Waals surface area contributed by atoms with Crippen LogP contribution in [0.3, 0.4) is 0 Å². The number of rotatable bonds is 1. The maximum atomic E-state index is 9.35. The lowest BCUT2D eigenvalue weighted by Crippen LogP contribution is -2.49. The van der Waals surface area contributed by atoms with E-state index in [1.54, 1.807) is 6.08 Å². The molecule has 1 aliphatic carbocycles. The number of hydrogen-bond acceptors (Lipinski definition) is 3. The van der Waals surface area contributed by atoms with E-state index in [0.717, 1.165) is 36.3 Å². The molecule has 3 nitrogen and oxygen atoms in total. The molecule has 1 N–H and O–H groups in total. The molecule has 1 aliphatic heterocycles. The van der Waals surface area contributed by atoms with Crippen LogP contribution < -0.4 is 5.32 Å². The van der Waals surface area contributed by atoms with Gasteiger partial charge in [0.2, 0.25) is 0 Å². The summed E-state index contributed by atoms with van der Waals surface area (Å²) in [5.74, 6) is 0. The Morgan fingerprint density at radius 1 is 1.08 bits per heavy atom. The second-order valence-electron chi connectivity index (χ2n) is 6.69. The zero-order chi connectivity index (χ0) is 17.2. The normalized spacial score (nSPS) is 21.7. The van der Waals surface area contributed by atoms with Crippen molar-refractivity contribution >= 4 is 17.2 Å². The fourth-order valence-electron chi connectivity index (χ4n) is 3.84. The highest BCUT2D eigenvalue weighted by molar-refractivity contribution is 5.99. The third-order valence-electron chi connectivity index (χ3n) is 5.05. The fraction of sp³-hybridized carbons (Fsp3) is 0.227. The number of nitriles is 1. The van der Waals surface area contributed by atoms with Crippen LogP contribution in [0.25, 0.3) is 17.2 Å². The molecular formula is C22H21N3. The van der Waals surface area contributed by atoms with Crippen LogP contribution in [0.4, 0.5) is 0 Å². The minimum Gasteiger partial charge on any atom is -0.308 e. The lowest BCUT2D eigenvalue weighted by atomic mass is 9.90. The summed E-state index contributed by atoms with van der Waals surface area (Å²) < 4.78 is 0. The van der Waals surface area contributed by atoms with Crippen LogP contribution in [0.1, 0.15) is 22.3 Å². The molecule has 124 valence electrons. The quantitative estimate of drug-likeness (QED) is 0.816. The number of piperazine rings is 1. The molecule has 3 heteroatoms. The smallest absolute Gasteiger partial charge is 0.0918 e. The van der Waals surface area contributed by atoms with Gasteiger partial charge in [-0.05, 0) is 41.0 Å². The zero-order valence-electron chi connectivity index (χ0n) is 14.4. The molecule has 4 rings (SSSR count). The molecule has 0 spiro atoms. The van der Waals surface area contributed by atoms with Gasteiger partial charge in [-0.3, -0.25) is 0 Å². The molecule has 1 unspecified atom stereocenters. The molecule has 0 bridgehead atoms. The van der Waals surface area contributed by atoms with Gasteiger partial charge in [0.15, 0.2) is 0 Å². The lowest BCUT2D eigenvalue weighted by Gasteiger charge is -2.33. The van der Waals surface area contributed by atoms with Gasteiger partial charge in [0.25, 0.3) is 0 Å². The summed E-state index contributed by atoms with van der Waals surface area (Å²) in [6, 6.07) is 19.3. The Balaban J connectivity index is 1.95. The molecule has 1 saturated heterocycles. The molecule has 1 heterocycles. The highest BCUT2D eigenvalue weighted by Gasteiger charge is 2.26. The highest BCUT2D eigenvalue weighted by Crippen LogP contribution is 2.38. The monoisotopic (exact) mass is 327 g/mol. The van der Waals surface area contributed by atoms with Crippen LogP contribution in [0.2, 0.25) is 0 Å². The van der Waals surface area contributed by atoms with Crippen LogP contribution >= 0.6 is 0 Å². The van der Waals surface area contributed by atoms with E-state index in [0.29, 0.717) is 0 Å². The van der Waals surface area contributed by atoms with Gasteiger partial charge in [-0.15, -0.1) is 0 Å². The topological polar surface area (TPSA) is 39.1 Å². The molecule has 1 atom stereocenters.